The van der Waals surface area contributed by atoms with Gasteiger partial charge in [-0.05, 0) is 22.8 Å². The molecule has 1 aromatic heterocycles. The van der Waals surface area contributed by atoms with Crippen molar-refractivity contribution in [1.29, 1.82) is 0 Å². The van der Waals surface area contributed by atoms with Gasteiger partial charge in [-0.2, -0.15) is 0 Å². The topological polar surface area (TPSA) is 58.1 Å². The van der Waals surface area contributed by atoms with Crippen molar-refractivity contribution in [3.05, 3.63) is 71.1 Å². The Bertz CT molecular complexity index is 916. The normalized spacial score (nSPS) is 17.0. The number of pyridine rings is 1. The Kier molecular flexibility index (Phi) is 6.18. The van der Waals surface area contributed by atoms with Crippen molar-refractivity contribution in [3.63, 3.8) is 0 Å². The molecule has 0 radical (unpaired) electrons. The van der Waals surface area contributed by atoms with Crippen molar-refractivity contribution in [3.8, 4) is 5.88 Å². The molecule has 0 saturated heterocycles. The molecule has 2 aliphatic heterocycles. The zero-order chi connectivity index (χ0) is 20.9. The van der Waals surface area contributed by atoms with Crippen LogP contribution in [0.15, 0.2) is 59.9 Å². The first kappa shape index (κ1) is 20.2. The highest BCUT2D eigenvalue weighted by atomic mass is 16.6. The molecule has 0 saturated carbocycles. The maximum Gasteiger partial charge on any atom is 0.410 e. The second-order valence-electron chi connectivity index (χ2n) is 7.79. The quantitative estimate of drug-likeness (QED) is 0.758. The summed E-state index contributed by atoms with van der Waals surface area (Å²) in [5, 5.41) is 0. The number of carbonyl (C=O) groups is 1. The van der Waals surface area contributed by atoms with Crippen LogP contribution in [0.4, 0.5) is 4.79 Å². The minimum atomic E-state index is -0.278. The fourth-order valence-corrected chi connectivity index (χ4v) is 4.12. The number of methoxy groups -OCH3 is 1. The van der Waals surface area contributed by atoms with E-state index in [1.54, 1.807) is 24.3 Å². The predicted molar refractivity (Wildman–Crippen MR) is 114 cm³/mol. The third-order valence-electron chi connectivity index (χ3n) is 5.57. The van der Waals surface area contributed by atoms with Crippen molar-refractivity contribution < 1.29 is 14.3 Å². The lowest BCUT2D eigenvalue weighted by Crippen LogP contribution is -2.48. The van der Waals surface area contributed by atoms with E-state index in [2.05, 4.69) is 46.1 Å². The molecule has 0 atom stereocenters. The van der Waals surface area contributed by atoms with Crippen molar-refractivity contribution in [2.75, 3.05) is 40.5 Å². The second kappa shape index (κ2) is 9.17. The molecule has 4 rings (SSSR count). The fraction of sp³-hybridized carbons (Fsp3) is 0.391. The Hall–Kier alpha value is -3.06. The molecule has 2 aromatic rings. The Morgan fingerprint density at radius 1 is 1.13 bits per heavy atom. The first-order valence-corrected chi connectivity index (χ1v) is 10.2. The van der Waals surface area contributed by atoms with E-state index in [9.17, 15) is 4.79 Å². The third kappa shape index (κ3) is 4.74. The van der Waals surface area contributed by atoms with Crippen LogP contribution in [0.2, 0.25) is 0 Å². The summed E-state index contributed by atoms with van der Waals surface area (Å²) in [7, 11) is 3.71. The molecule has 0 N–H and O–H groups in total. The maximum atomic E-state index is 12.7. The smallest absolute Gasteiger partial charge is 0.410 e. The maximum absolute atomic E-state index is 12.7. The van der Waals surface area contributed by atoms with Gasteiger partial charge in [-0.15, -0.1) is 0 Å². The molecule has 1 aromatic carbocycles. The van der Waals surface area contributed by atoms with Crippen LogP contribution in [-0.2, 0) is 17.9 Å². The number of hydrogen-bond donors (Lipinski definition) is 0. The van der Waals surface area contributed by atoms with Gasteiger partial charge >= 0.3 is 6.09 Å². The highest BCUT2D eigenvalue weighted by Crippen LogP contribution is 2.27. The highest BCUT2D eigenvalue weighted by Gasteiger charge is 2.30. The van der Waals surface area contributed by atoms with Crippen LogP contribution >= 0.6 is 0 Å². The Morgan fingerprint density at radius 2 is 1.97 bits per heavy atom. The van der Waals surface area contributed by atoms with Gasteiger partial charge in [0.15, 0.2) is 0 Å². The van der Waals surface area contributed by atoms with Crippen molar-refractivity contribution >= 4 is 6.09 Å². The van der Waals surface area contributed by atoms with Crippen LogP contribution in [0.25, 0.3) is 0 Å². The molecule has 7 heteroatoms. The molecule has 7 nitrogen and oxygen atoms in total. The Labute approximate surface area is 177 Å². The summed E-state index contributed by atoms with van der Waals surface area (Å²) in [4.78, 5) is 23.3. The lowest BCUT2D eigenvalue weighted by molar-refractivity contribution is 0.0871. The number of nitrogens with zero attached hydrogens (tertiary/aromatic N) is 4. The molecule has 0 fully saturated rings. The zero-order valence-corrected chi connectivity index (χ0v) is 17.6. The van der Waals surface area contributed by atoms with Gasteiger partial charge in [0.25, 0.3) is 0 Å². The predicted octanol–water partition coefficient (Wildman–Crippen LogP) is 3.09. The lowest BCUT2D eigenvalue weighted by atomic mass is 10.0. The fourth-order valence-electron chi connectivity index (χ4n) is 4.12. The van der Waals surface area contributed by atoms with E-state index in [0.717, 1.165) is 31.7 Å². The Balaban J connectivity index is 1.35. The van der Waals surface area contributed by atoms with Gasteiger partial charge < -0.3 is 19.3 Å². The summed E-state index contributed by atoms with van der Waals surface area (Å²) in [6.45, 7) is 4.18. The summed E-state index contributed by atoms with van der Waals surface area (Å²) in [5.41, 5.74) is 4.82. The van der Waals surface area contributed by atoms with Gasteiger partial charge in [0.05, 0.1) is 13.8 Å². The third-order valence-corrected chi connectivity index (χ3v) is 5.57. The lowest BCUT2D eigenvalue weighted by Gasteiger charge is -2.42. The van der Waals surface area contributed by atoms with Crippen LogP contribution in [0.5, 0.6) is 5.88 Å². The standard InChI is InChI=1S/C23H28N4O3/c1-25-17-26(13-18-6-4-3-5-7-18)14-20-15-27(11-9-21(20)25)23(28)30-16-19-8-10-24-22(12-19)29-2/h3-8,10,12H,9,11,13-17H2,1-2H3. The number of rotatable bonds is 5. The SMILES string of the molecule is COc1cc(COC(=O)N2CCC3=C(CN(Cc4ccccc4)CN3C)C2)ccn1. The van der Waals surface area contributed by atoms with Gasteiger partial charge in [-0.25, -0.2) is 9.78 Å². The first-order chi connectivity index (χ1) is 14.6. The van der Waals surface area contributed by atoms with Gasteiger partial charge in [-0.1, -0.05) is 30.3 Å². The van der Waals surface area contributed by atoms with Crippen molar-refractivity contribution in [2.24, 2.45) is 0 Å². The summed E-state index contributed by atoms with van der Waals surface area (Å²) in [6.07, 6.45) is 2.24. The van der Waals surface area contributed by atoms with Crippen molar-refractivity contribution in [1.82, 2.24) is 19.7 Å². The largest absolute Gasteiger partial charge is 0.481 e. The highest BCUT2D eigenvalue weighted by molar-refractivity contribution is 5.68. The molecule has 3 heterocycles. The molecule has 0 bridgehead atoms. The molecular weight excluding hydrogens is 380 g/mol. The summed E-state index contributed by atoms with van der Waals surface area (Å²) in [5.74, 6) is 0.514. The van der Waals surface area contributed by atoms with E-state index in [-0.39, 0.29) is 12.7 Å². The number of hydrogen-bond acceptors (Lipinski definition) is 6. The molecule has 30 heavy (non-hydrogen) atoms. The van der Waals surface area contributed by atoms with Gasteiger partial charge in [0, 0.05) is 57.6 Å². The molecule has 158 valence electrons. The van der Waals surface area contributed by atoms with Gasteiger partial charge in [0.1, 0.15) is 6.61 Å². The van der Waals surface area contributed by atoms with Crippen molar-refractivity contribution in [2.45, 2.75) is 19.6 Å². The molecular formula is C23H28N4O3. The van der Waals surface area contributed by atoms with Crippen LogP contribution in [0.3, 0.4) is 0 Å². The van der Waals surface area contributed by atoms with Crippen LogP contribution in [0, 0.1) is 0 Å². The van der Waals surface area contributed by atoms with E-state index in [1.807, 2.05) is 12.1 Å². The average Bonchev–Trinajstić information content (AvgIpc) is 2.78. The summed E-state index contributed by atoms with van der Waals surface area (Å²) < 4.78 is 10.7. The number of ether oxygens (including phenoxy) is 2. The van der Waals surface area contributed by atoms with Crippen LogP contribution < -0.4 is 4.74 Å². The molecule has 2 aliphatic rings. The molecule has 0 aliphatic carbocycles. The monoisotopic (exact) mass is 408 g/mol. The van der Waals surface area contributed by atoms with E-state index in [1.165, 1.54) is 16.8 Å². The van der Waals surface area contributed by atoms with Crippen LogP contribution in [-0.4, -0.2) is 66.2 Å². The number of aromatic nitrogens is 1. The average molecular weight is 409 g/mol. The van der Waals surface area contributed by atoms with E-state index in [4.69, 9.17) is 9.47 Å². The van der Waals surface area contributed by atoms with Gasteiger partial charge in [0.2, 0.25) is 5.88 Å². The number of benzene rings is 1. The number of amides is 1. The molecule has 0 spiro atoms. The second-order valence-corrected chi connectivity index (χ2v) is 7.79. The molecule has 0 unspecified atom stereocenters. The minimum absolute atomic E-state index is 0.208. The van der Waals surface area contributed by atoms with Crippen LogP contribution in [0.1, 0.15) is 17.5 Å². The van der Waals surface area contributed by atoms with E-state index in [0.29, 0.717) is 19.0 Å². The van der Waals surface area contributed by atoms with E-state index >= 15 is 0 Å². The molecule has 1 amide bonds. The number of carbonyl (C=O) groups excluding carboxylic acids is 1. The minimum Gasteiger partial charge on any atom is -0.481 e. The summed E-state index contributed by atoms with van der Waals surface area (Å²) >= 11 is 0. The van der Waals surface area contributed by atoms with E-state index < -0.39 is 0 Å². The zero-order valence-electron chi connectivity index (χ0n) is 17.6. The van der Waals surface area contributed by atoms with Gasteiger partial charge in [-0.3, -0.25) is 4.90 Å². The summed E-state index contributed by atoms with van der Waals surface area (Å²) in [6, 6.07) is 14.1. The first-order valence-electron chi connectivity index (χ1n) is 10.2. The Morgan fingerprint density at radius 3 is 2.77 bits per heavy atom.